The molecule has 0 aliphatic rings. The summed E-state index contributed by atoms with van der Waals surface area (Å²) in [5.41, 5.74) is 2.81. The van der Waals surface area contributed by atoms with Gasteiger partial charge in [0.1, 0.15) is 23.0 Å². The summed E-state index contributed by atoms with van der Waals surface area (Å²) in [6.45, 7) is 4.11. The summed E-state index contributed by atoms with van der Waals surface area (Å²) in [7, 11) is -3.91. The van der Waals surface area contributed by atoms with E-state index in [4.69, 9.17) is 8.92 Å². The zero-order valence-corrected chi connectivity index (χ0v) is 17.4. The van der Waals surface area contributed by atoms with E-state index in [1.807, 2.05) is 44.2 Å². The van der Waals surface area contributed by atoms with E-state index in [9.17, 15) is 8.42 Å². The Morgan fingerprint density at radius 1 is 0.926 bits per heavy atom. The smallest absolute Gasteiger partial charge is 0.339 e. The lowest BCUT2D eigenvalue weighted by molar-refractivity contribution is 0.303. The molecule has 3 aromatic carbocycles. The van der Waals surface area contributed by atoms with Gasteiger partial charge < -0.3 is 8.92 Å². The predicted molar refractivity (Wildman–Crippen MR) is 109 cm³/mol. The topological polar surface area (TPSA) is 52.6 Å². The van der Waals surface area contributed by atoms with Gasteiger partial charge in [-0.1, -0.05) is 48.0 Å². The minimum Gasteiger partial charge on any atom is -0.488 e. The lowest BCUT2D eigenvalue weighted by Gasteiger charge is -2.13. The molecule has 0 bridgehead atoms. The van der Waals surface area contributed by atoms with E-state index < -0.39 is 10.1 Å². The fourth-order valence-electron chi connectivity index (χ4n) is 2.47. The van der Waals surface area contributed by atoms with Crippen molar-refractivity contribution in [2.45, 2.75) is 25.3 Å². The number of hydrogen-bond donors (Lipinski definition) is 0. The van der Waals surface area contributed by atoms with Crippen LogP contribution in [0.15, 0.2) is 76.1 Å². The van der Waals surface area contributed by atoms with Crippen LogP contribution in [0.2, 0.25) is 0 Å². The van der Waals surface area contributed by atoms with E-state index in [1.54, 1.807) is 24.3 Å². The number of hydrogen-bond acceptors (Lipinski definition) is 4. The molecule has 0 fully saturated rings. The Kier molecular flexibility index (Phi) is 5.87. The second kappa shape index (κ2) is 8.15. The fraction of sp³-hybridized carbons (Fsp3) is 0.143. The molecule has 27 heavy (non-hydrogen) atoms. The van der Waals surface area contributed by atoms with Gasteiger partial charge in [-0.25, -0.2) is 0 Å². The van der Waals surface area contributed by atoms with E-state index in [0.29, 0.717) is 12.4 Å². The third-order valence-electron chi connectivity index (χ3n) is 3.95. The van der Waals surface area contributed by atoms with Crippen LogP contribution < -0.4 is 8.92 Å². The second-order valence-corrected chi connectivity index (χ2v) is 8.52. The van der Waals surface area contributed by atoms with Crippen LogP contribution in [0.5, 0.6) is 11.5 Å². The van der Waals surface area contributed by atoms with Gasteiger partial charge >= 0.3 is 10.1 Å². The Hall–Kier alpha value is -2.31. The Bertz CT molecular complexity index is 1030. The van der Waals surface area contributed by atoms with Crippen molar-refractivity contribution in [1.29, 1.82) is 0 Å². The van der Waals surface area contributed by atoms with Crippen molar-refractivity contribution in [3.05, 3.63) is 87.9 Å². The second-order valence-electron chi connectivity index (χ2n) is 6.18. The van der Waals surface area contributed by atoms with E-state index in [1.165, 1.54) is 12.1 Å². The zero-order chi connectivity index (χ0) is 19.4. The molecule has 6 heteroatoms. The Balaban J connectivity index is 1.83. The third-order valence-corrected chi connectivity index (χ3v) is 6.23. The molecular weight excluding hydrogens is 428 g/mol. The average molecular weight is 447 g/mol. The molecule has 0 radical (unpaired) electrons. The van der Waals surface area contributed by atoms with Gasteiger partial charge in [-0.05, 0) is 59.1 Å². The van der Waals surface area contributed by atoms with Crippen molar-refractivity contribution in [3.8, 4) is 11.5 Å². The summed E-state index contributed by atoms with van der Waals surface area (Å²) in [5, 5.41) is 0. The Labute approximate surface area is 168 Å². The molecule has 0 aliphatic heterocycles. The average Bonchev–Trinajstić information content (AvgIpc) is 2.64. The molecular formula is C21H19BrO4S. The number of ether oxygens (including phenoxy) is 1. The SMILES string of the molecule is Cc1ccc(S(=O)(=O)Oc2cc(C)c(Br)c(OCc3ccccc3)c2)cc1. The standard InChI is InChI=1S/C21H19BrO4S/c1-15-8-10-19(11-9-15)27(23,24)26-18-12-16(2)21(22)20(13-18)25-14-17-6-4-3-5-7-17/h3-13H,14H2,1-2H3. The molecule has 0 heterocycles. The van der Waals surface area contributed by atoms with E-state index in [-0.39, 0.29) is 10.6 Å². The van der Waals surface area contributed by atoms with Gasteiger partial charge in [0.05, 0.1) is 4.47 Å². The van der Waals surface area contributed by atoms with Crippen molar-refractivity contribution in [1.82, 2.24) is 0 Å². The molecule has 0 saturated carbocycles. The van der Waals surface area contributed by atoms with Gasteiger partial charge in [-0.2, -0.15) is 8.42 Å². The van der Waals surface area contributed by atoms with Gasteiger partial charge in [-0.3, -0.25) is 0 Å². The monoisotopic (exact) mass is 446 g/mol. The van der Waals surface area contributed by atoms with Crippen LogP contribution in [0.3, 0.4) is 0 Å². The highest BCUT2D eigenvalue weighted by molar-refractivity contribution is 9.10. The number of benzene rings is 3. The summed E-state index contributed by atoms with van der Waals surface area (Å²) < 4.78 is 37.0. The van der Waals surface area contributed by atoms with Crippen LogP contribution in [0.4, 0.5) is 0 Å². The highest BCUT2D eigenvalue weighted by atomic mass is 79.9. The maximum Gasteiger partial charge on any atom is 0.339 e. The molecule has 0 spiro atoms. The van der Waals surface area contributed by atoms with E-state index in [2.05, 4.69) is 15.9 Å². The fourth-order valence-corrected chi connectivity index (χ4v) is 3.73. The van der Waals surface area contributed by atoms with E-state index >= 15 is 0 Å². The molecule has 0 saturated heterocycles. The lowest BCUT2D eigenvalue weighted by atomic mass is 10.2. The highest BCUT2D eigenvalue weighted by Gasteiger charge is 2.18. The number of halogens is 1. The van der Waals surface area contributed by atoms with Crippen molar-refractivity contribution in [2.24, 2.45) is 0 Å². The van der Waals surface area contributed by atoms with Gasteiger partial charge in [0.15, 0.2) is 0 Å². The largest absolute Gasteiger partial charge is 0.488 e. The van der Waals surface area contributed by atoms with Crippen molar-refractivity contribution in [2.75, 3.05) is 0 Å². The lowest BCUT2D eigenvalue weighted by Crippen LogP contribution is -2.10. The van der Waals surface area contributed by atoms with Gasteiger partial charge in [-0.15, -0.1) is 0 Å². The molecule has 4 nitrogen and oxygen atoms in total. The highest BCUT2D eigenvalue weighted by Crippen LogP contribution is 2.34. The van der Waals surface area contributed by atoms with Crippen LogP contribution in [0.25, 0.3) is 0 Å². The first-order valence-corrected chi connectivity index (χ1v) is 10.5. The normalized spacial score (nSPS) is 11.2. The first kappa shape index (κ1) is 19.5. The van der Waals surface area contributed by atoms with Crippen LogP contribution in [-0.2, 0) is 16.7 Å². The Morgan fingerprint density at radius 2 is 1.59 bits per heavy atom. The summed E-state index contributed by atoms with van der Waals surface area (Å²) in [4.78, 5) is 0.112. The molecule has 0 aliphatic carbocycles. The Morgan fingerprint density at radius 3 is 2.26 bits per heavy atom. The summed E-state index contributed by atoms with van der Waals surface area (Å²) in [6, 6.07) is 19.5. The minimum absolute atomic E-state index is 0.112. The van der Waals surface area contributed by atoms with Gasteiger partial charge in [0.2, 0.25) is 0 Å². The molecule has 140 valence electrons. The maximum atomic E-state index is 12.5. The maximum absolute atomic E-state index is 12.5. The molecule has 0 N–H and O–H groups in total. The first-order valence-electron chi connectivity index (χ1n) is 8.33. The predicted octanol–water partition coefficient (Wildman–Crippen LogP) is 5.41. The van der Waals surface area contributed by atoms with E-state index in [0.717, 1.165) is 21.2 Å². The van der Waals surface area contributed by atoms with Crippen LogP contribution in [0.1, 0.15) is 16.7 Å². The van der Waals surface area contributed by atoms with Crippen LogP contribution in [0, 0.1) is 13.8 Å². The van der Waals surface area contributed by atoms with Crippen molar-refractivity contribution >= 4 is 26.0 Å². The first-order chi connectivity index (χ1) is 12.8. The van der Waals surface area contributed by atoms with Crippen LogP contribution in [-0.4, -0.2) is 8.42 Å². The van der Waals surface area contributed by atoms with Crippen LogP contribution >= 0.6 is 15.9 Å². The molecule has 0 aromatic heterocycles. The van der Waals surface area contributed by atoms with Gasteiger partial charge in [0.25, 0.3) is 0 Å². The molecule has 0 atom stereocenters. The summed E-state index contributed by atoms with van der Waals surface area (Å²) >= 11 is 3.49. The molecule has 3 rings (SSSR count). The molecule has 0 amide bonds. The molecule has 0 unspecified atom stereocenters. The number of aryl methyl sites for hydroxylation is 2. The number of rotatable bonds is 6. The van der Waals surface area contributed by atoms with Gasteiger partial charge in [0, 0.05) is 6.07 Å². The quantitative estimate of drug-likeness (QED) is 0.474. The summed E-state index contributed by atoms with van der Waals surface area (Å²) in [5.74, 6) is 0.729. The summed E-state index contributed by atoms with van der Waals surface area (Å²) in [6.07, 6.45) is 0. The van der Waals surface area contributed by atoms with Crippen molar-refractivity contribution in [3.63, 3.8) is 0 Å². The minimum atomic E-state index is -3.91. The molecule has 3 aromatic rings. The third kappa shape index (κ3) is 4.90. The van der Waals surface area contributed by atoms with Crippen molar-refractivity contribution < 1.29 is 17.3 Å². The zero-order valence-electron chi connectivity index (χ0n) is 15.0.